The van der Waals surface area contributed by atoms with Crippen molar-refractivity contribution in [1.82, 2.24) is 10.2 Å². The van der Waals surface area contributed by atoms with Crippen molar-refractivity contribution >= 4 is 10.8 Å². The molecule has 0 atom stereocenters. The summed E-state index contributed by atoms with van der Waals surface area (Å²) >= 11 is 0. The van der Waals surface area contributed by atoms with Gasteiger partial charge in [0.1, 0.15) is 0 Å². The molecule has 3 aromatic rings. The molecule has 1 aromatic heterocycles. The Bertz CT molecular complexity index is 752. The van der Waals surface area contributed by atoms with Crippen molar-refractivity contribution < 1.29 is 0 Å². The van der Waals surface area contributed by atoms with Crippen LogP contribution in [0.15, 0.2) is 54.9 Å². The third-order valence-electron chi connectivity index (χ3n) is 3.57. The molecule has 0 aliphatic carbocycles. The van der Waals surface area contributed by atoms with Crippen molar-refractivity contribution in [2.45, 2.75) is 27.2 Å². The van der Waals surface area contributed by atoms with Crippen LogP contribution in [0.1, 0.15) is 26.3 Å². The first-order valence-electron chi connectivity index (χ1n) is 7.31. The first-order valence-corrected chi connectivity index (χ1v) is 7.31. The molecule has 2 aromatic carbocycles. The van der Waals surface area contributed by atoms with Crippen molar-refractivity contribution in [2.24, 2.45) is 5.41 Å². The summed E-state index contributed by atoms with van der Waals surface area (Å²) in [4.78, 5) is 0. The van der Waals surface area contributed by atoms with E-state index in [1.807, 2.05) is 6.20 Å². The number of aromatic nitrogens is 2. The molecule has 0 bridgehead atoms. The van der Waals surface area contributed by atoms with Gasteiger partial charge in [-0.15, -0.1) is 0 Å². The fourth-order valence-electron chi connectivity index (χ4n) is 2.60. The molecule has 0 N–H and O–H groups in total. The standard InChI is InChI=1S/C19H20N2/c1-19(2,3)11-14-4-6-15(7-5-14)16-8-9-17-12-20-21-13-18(17)10-16/h4-10,12-13H,11H2,1-3H3. The number of benzene rings is 2. The Kier molecular flexibility index (Phi) is 3.46. The molecule has 0 saturated heterocycles. The van der Waals surface area contributed by atoms with Gasteiger partial charge in [0.15, 0.2) is 0 Å². The molecule has 21 heavy (non-hydrogen) atoms. The Balaban J connectivity index is 1.91. The van der Waals surface area contributed by atoms with Gasteiger partial charge >= 0.3 is 0 Å². The number of hydrogen-bond acceptors (Lipinski definition) is 2. The number of hydrogen-bond donors (Lipinski definition) is 0. The Hall–Kier alpha value is -2.22. The van der Waals surface area contributed by atoms with E-state index >= 15 is 0 Å². The molecule has 0 aliphatic heterocycles. The molecule has 0 unspecified atom stereocenters. The molecule has 2 nitrogen and oxygen atoms in total. The van der Waals surface area contributed by atoms with Crippen LogP contribution in [0.3, 0.4) is 0 Å². The molecule has 0 saturated carbocycles. The normalized spacial score (nSPS) is 11.8. The highest BCUT2D eigenvalue weighted by Gasteiger charge is 2.11. The molecule has 0 radical (unpaired) electrons. The number of rotatable bonds is 2. The summed E-state index contributed by atoms with van der Waals surface area (Å²) in [5.74, 6) is 0. The molecule has 0 aliphatic rings. The van der Waals surface area contributed by atoms with E-state index in [0.29, 0.717) is 5.41 Å². The lowest BCUT2D eigenvalue weighted by Gasteiger charge is -2.18. The second-order valence-corrected chi connectivity index (χ2v) is 6.77. The van der Waals surface area contributed by atoms with Crippen LogP contribution in [0.5, 0.6) is 0 Å². The molecule has 1 heterocycles. The van der Waals surface area contributed by atoms with Gasteiger partial charge in [-0.2, -0.15) is 10.2 Å². The molecule has 0 fully saturated rings. The first kappa shape index (κ1) is 13.7. The van der Waals surface area contributed by atoms with Gasteiger partial charge in [-0.3, -0.25) is 0 Å². The van der Waals surface area contributed by atoms with E-state index in [2.05, 4.69) is 73.4 Å². The van der Waals surface area contributed by atoms with Gasteiger partial charge in [-0.1, -0.05) is 57.2 Å². The summed E-state index contributed by atoms with van der Waals surface area (Å²) in [5, 5.41) is 10.1. The SMILES string of the molecule is CC(C)(C)Cc1ccc(-c2ccc3cnncc3c2)cc1. The van der Waals surface area contributed by atoms with Crippen LogP contribution in [0, 0.1) is 5.41 Å². The Labute approximate surface area is 125 Å². The van der Waals surface area contributed by atoms with Crippen LogP contribution in [-0.2, 0) is 6.42 Å². The fraction of sp³-hybridized carbons (Fsp3) is 0.263. The quantitative estimate of drug-likeness (QED) is 0.666. The van der Waals surface area contributed by atoms with Crippen molar-refractivity contribution in [3.8, 4) is 11.1 Å². The largest absolute Gasteiger partial charge is 0.158 e. The monoisotopic (exact) mass is 276 g/mol. The first-order chi connectivity index (χ1) is 10.0. The zero-order chi connectivity index (χ0) is 14.9. The highest BCUT2D eigenvalue weighted by Crippen LogP contribution is 2.26. The van der Waals surface area contributed by atoms with Gasteiger partial charge in [0.25, 0.3) is 0 Å². The molecule has 0 spiro atoms. The Morgan fingerprint density at radius 3 is 2.05 bits per heavy atom. The van der Waals surface area contributed by atoms with E-state index in [9.17, 15) is 0 Å². The van der Waals surface area contributed by atoms with Gasteiger partial charge < -0.3 is 0 Å². The highest BCUT2D eigenvalue weighted by atomic mass is 15.1. The lowest BCUT2D eigenvalue weighted by Crippen LogP contribution is -2.08. The average molecular weight is 276 g/mol. The third kappa shape index (κ3) is 3.27. The average Bonchev–Trinajstić information content (AvgIpc) is 2.46. The van der Waals surface area contributed by atoms with Crippen molar-refractivity contribution in [3.63, 3.8) is 0 Å². The maximum absolute atomic E-state index is 3.95. The summed E-state index contributed by atoms with van der Waals surface area (Å²) in [7, 11) is 0. The lowest BCUT2D eigenvalue weighted by molar-refractivity contribution is 0.411. The lowest BCUT2D eigenvalue weighted by atomic mass is 9.87. The van der Waals surface area contributed by atoms with Crippen LogP contribution in [-0.4, -0.2) is 10.2 Å². The summed E-state index contributed by atoms with van der Waals surface area (Å²) in [5.41, 5.74) is 4.17. The van der Waals surface area contributed by atoms with E-state index in [4.69, 9.17) is 0 Å². The van der Waals surface area contributed by atoms with Gasteiger partial charge in [0, 0.05) is 10.8 Å². The van der Waals surface area contributed by atoms with Crippen LogP contribution >= 0.6 is 0 Å². The van der Waals surface area contributed by atoms with E-state index < -0.39 is 0 Å². The summed E-state index contributed by atoms with van der Waals surface area (Å²) in [6.07, 6.45) is 4.71. The van der Waals surface area contributed by atoms with E-state index in [0.717, 1.165) is 17.2 Å². The zero-order valence-electron chi connectivity index (χ0n) is 12.8. The fourth-order valence-corrected chi connectivity index (χ4v) is 2.60. The number of nitrogens with zero attached hydrogens (tertiary/aromatic N) is 2. The molecule has 0 amide bonds. The highest BCUT2D eigenvalue weighted by molar-refractivity contribution is 5.85. The summed E-state index contributed by atoms with van der Waals surface area (Å²) < 4.78 is 0. The topological polar surface area (TPSA) is 25.8 Å². The van der Waals surface area contributed by atoms with E-state index in [-0.39, 0.29) is 0 Å². The van der Waals surface area contributed by atoms with Gasteiger partial charge in [-0.05, 0) is 34.6 Å². The molecular weight excluding hydrogens is 256 g/mol. The second-order valence-electron chi connectivity index (χ2n) is 6.77. The van der Waals surface area contributed by atoms with Crippen LogP contribution in [0.25, 0.3) is 21.9 Å². The van der Waals surface area contributed by atoms with Crippen LogP contribution in [0.4, 0.5) is 0 Å². The van der Waals surface area contributed by atoms with Crippen molar-refractivity contribution in [3.05, 3.63) is 60.4 Å². The summed E-state index contributed by atoms with van der Waals surface area (Å²) in [6, 6.07) is 15.3. The van der Waals surface area contributed by atoms with Gasteiger partial charge in [0.05, 0.1) is 12.4 Å². The van der Waals surface area contributed by atoms with Crippen LogP contribution in [0.2, 0.25) is 0 Å². The molecule has 106 valence electrons. The smallest absolute Gasteiger partial charge is 0.0574 e. The zero-order valence-corrected chi connectivity index (χ0v) is 12.8. The van der Waals surface area contributed by atoms with Crippen molar-refractivity contribution in [1.29, 1.82) is 0 Å². The van der Waals surface area contributed by atoms with Crippen molar-refractivity contribution in [2.75, 3.05) is 0 Å². The minimum Gasteiger partial charge on any atom is -0.158 e. The predicted molar refractivity (Wildman–Crippen MR) is 88.1 cm³/mol. The number of fused-ring (bicyclic) bond motifs is 1. The third-order valence-corrected chi connectivity index (χ3v) is 3.57. The summed E-state index contributed by atoms with van der Waals surface area (Å²) in [6.45, 7) is 6.81. The maximum atomic E-state index is 3.95. The molecular formula is C19H20N2. The Morgan fingerprint density at radius 2 is 1.38 bits per heavy atom. The Morgan fingerprint density at radius 1 is 0.762 bits per heavy atom. The minimum absolute atomic E-state index is 0.323. The van der Waals surface area contributed by atoms with Gasteiger partial charge in [0.2, 0.25) is 0 Å². The maximum Gasteiger partial charge on any atom is 0.0574 e. The second kappa shape index (κ2) is 5.28. The van der Waals surface area contributed by atoms with E-state index in [1.165, 1.54) is 16.7 Å². The molecule has 2 heteroatoms. The minimum atomic E-state index is 0.323. The predicted octanol–water partition coefficient (Wildman–Crippen LogP) is 4.89. The van der Waals surface area contributed by atoms with Gasteiger partial charge in [-0.25, -0.2) is 0 Å². The molecule has 3 rings (SSSR count). The van der Waals surface area contributed by atoms with E-state index in [1.54, 1.807) is 6.20 Å². The van der Waals surface area contributed by atoms with Crippen LogP contribution < -0.4 is 0 Å².